The van der Waals surface area contributed by atoms with Crippen molar-refractivity contribution in [2.45, 2.75) is 18.9 Å². The van der Waals surface area contributed by atoms with Gasteiger partial charge in [-0.05, 0) is 31.0 Å². The molecule has 0 spiro atoms. The van der Waals surface area contributed by atoms with Crippen molar-refractivity contribution in [3.63, 3.8) is 0 Å². The first kappa shape index (κ1) is 14.0. The van der Waals surface area contributed by atoms with Crippen molar-refractivity contribution in [1.29, 1.82) is 0 Å². The van der Waals surface area contributed by atoms with Crippen molar-refractivity contribution in [2.24, 2.45) is 0 Å². The molecule has 0 saturated carbocycles. The van der Waals surface area contributed by atoms with Gasteiger partial charge < -0.3 is 9.47 Å². The summed E-state index contributed by atoms with van der Waals surface area (Å²) in [6.07, 6.45) is 2.34. The van der Waals surface area contributed by atoms with E-state index in [2.05, 4.69) is 10.3 Å². The summed E-state index contributed by atoms with van der Waals surface area (Å²) in [7, 11) is 1.55. The van der Waals surface area contributed by atoms with Gasteiger partial charge in [0.25, 0.3) is 0 Å². The van der Waals surface area contributed by atoms with Crippen LogP contribution in [0.2, 0.25) is 5.02 Å². The molecule has 110 valence electrons. The van der Waals surface area contributed by atoms with Crippen LogP contribution in [0.1, 0.15) is 35.1 Å². The van der Waals surface area contributed by atoms with Gasteiger partial charge in [-0.3, -0.25) is 4.79 Å². The van der Waals surface area contributed by atoms with Crippen LogP contribution in [0.3, 0.4) is 0 Å². The van der Waals surface area contributed by atoms with Crippen LogP contribution in [0, 0.1) is 0 Å². The Kier molecular flexibility index (Phi) is 3.90. The van der Waals surface area contributed by atoms with E-state index in [9.17, 15) is 4.79 Å². The largest absolute Gasteiger partial charge is 0.495 e. The van der Waals surface area contributed by atoms with E-state index in [1.54, 1.807) is 23.9 Å². The summed E-state index contributed by atoms with van der Waals surface area (Å²) in [6, 6.07) is 5.29. The number of aromatic nitrogens is 3. The smallest absolute Gasteiger partial charge is 0.172 e. The van der Waals surface area contributed by atoms with Gasteiger partial charge in [0.1, 0.15) is 17.5 Å². The molecule has 1 aliphatic rings. The number of benzene rings is 1. The molecule has 7 heteroatoms. The van der Waals surface area contributed by atoms with E-state index in [4.69, 9.17) is 21.1 Å². The number of aldehydes is 1. The molecule has 2 heterocycles. The zero-order valence-electron chi connectivity index (χ0n) is 11.5. The van der Waals surface area contributed by atoms with Gasteiger partial charge >= 0.3 is 0 Å². The molecule has 1 atom stereocenters. The molecule has 0 radical (unpaired) electrons. The van der Waals surface area contributed by atoms with Crippen LogP contribution in [-0.4, -0.2) is 35.0 Å². The molecule has 1 fully saturated rings. The number of nitrogens with zero attached hydrogens (tertiary/aromatic N) is 3. The van der Waals surface area contributed by atoms with Gasteiger partial charge in [0, 0.05) is 6.61 Å². The Morgan fingerprint density at radius 1 is 1.52 bits per heavy atom. The Labute approximate surface area is 126 Å². The van der Waals surface area contributed by atoms with Gasteiger partial charge in [-0.1, -0.05) is 16.8 Å². The lowest BCUT2D eigenvalue weighted by Crippen LogP contribution is -2.09. The minimum absolute atomic E-state index is 0.166. The summed E-state index contributed by atoms with van der Waals surface area (Å²) in [4.78, 5) is 11.2. The van der Waals surface area contributed by atoms with Crippen molar-refractivity contribution in [3.05, 3.63) is 34.6 Å². The first-order chi connectivity index (χ1) is 10.2. The number of carbonyl (C=O) groups is 1. The van der Waals surface area contributed by atoms with E-state index >= 15 is 0 Å². The van der Waals surface area contributed by atoms with Crippen molar-refractivity contribution in [1.82, 2.24) is 15.0 Å². The zero-order valence-corrected chi connectivity index (χ0v) is 12.2. The number of halogens is 1. The fourth-order valence-corrected chi connectivity index (χ4v) is 2.71. The lowest BCUT2D eigenvalue weighted by molar-refractivity contribution is 0.102. The average Bonchev–Trinajstić information content (AvgIpc) is 3.15. The van der Waals surface area contributed by atoms with E-state index in [0.29, 0.717) is 40.7 Å². The number of carbonyl (C=O) groups excluding carboxylic acids is 1. The molecule has 0 bridgehead atoms. The molecule has 21 heavy (non-hydrogen) atoms. The molecule has 1 aromatic carbocycles. The predicted molar refractivity (Wildman–Crippen MR) is 76.2 cm³/mol. The molecule has 3 rings (SSSR count). The maximum absolute atomic E-state index is 11.2. The first-order valence-electron chi connectivity index (χ1n) is 6.61. The first-order valence-corrected chi connectivity index (χ1v) is 6.98. The molecular formula is C14H14ClN3O3. The second kappa shape index (κ2) is 5.83. The highest BCUT2D eigenvalue weighted by atomic mass is 35.5. The highest BCUT2D eigenvalue weighted by molar-refractivity contribution is 6.32. The summed E-state index contributed by atoms with van der Waals surface area (Å²) < 4.78 is 12.4. The van der Waals surface area contributed by atoms with Crippen molar-refractivity contribution in [3.8, 4) is 11.4 Å². The predicted octanol–water partition coefficient (Wildman–Crippen LogP) is 2.59. The van der Waals surface area contributed by atoms with Crippen molar-refractivity contribution < 1.29 is 14.3 Å². The molecule has 1 aliphatic heterocycles. The maximum Gasteiger partial charge on any atom is 0.172 e. The fraction of sp³-hybridized carbons (Fsp3) is 0.357. The SMILES string of the molecule is COc1ccc(-n2nnc(C=O)c2C2CCCO2)cc1Cl. The number of ether oxygens (including phenoxy) is 2. The Bertz CT molecular complexity index is 665. The van der Waals surface area contributed by atoms with Gasteiger partial charge in [0.15, 0.2) is 12.0 Å². The van der Waals surface area contributed by atoms with Crippen molar-refractivity contribution >= 4 is 17.9 Å². The van der Waals surface area contributed by atoms with Crippen LogP contribution in [0.25, 0.3) is 5.69 Å². The van der Waals surface area contributed by atoms with Gasteiger partial charge in [0.2, 0.25) is 0 Å². The summed E-state index contributed by atoms with van der Waals surface area (Å²) in [6.45, 7) is 0.678. The number of rotatable bonds is 4. The Morgan fingerprint density at radius 3 is 3.00 bits per heavy atom. The third-order valence-corrected chi connectivity index (χ3v) is 3.75. The van der Waals surface area contributed by atoms with Crippen LogP contribution >= 0.6 is 11.6 Å². The van der Waals surface area contributed by atoms with Crippen LogP contribution in [0.4, 0.5) is 0 Å². The standard InChI is InChI=1S/C14H14ClN3O3/c1-20-12-5-4-9(7-10(12)15)18-14(11(8-19)16-17-18)13-3-2-6-21-13/h4-5,7-8,13H,2-3,6H2,1H3. The summed E-state index contributed by atoms with van der Waals surface area (Å²) >= 11 is 6.14. The van der Waals surface area contributed by atoms with E-state index in [1.165, 1.54) is 0 Å². The highest BCUT2D eigenvalue weighted by Gasteiger charge is 2.27. The highest BCUT2D eigenvalue weighted by Crippen LogP contribution is 2.32. The van der Waals surface area contributed by atoms with Crippen LogP contribution in [0.15, 0.2) is 18.2 Å². The lowest BCUT2D eigenvalue weighted by Gasteiger charge is -2.13. The van der Waals surface area contributed by atoms with Gasteiger partial charge in [-0.15, -0.1) is 5.10 Å². The van der Waals surface area contributed by atoms with E-state index in [0.717, 1.165) is 12.8 Å². The second-order valence-corrected chi connectivity index (χ2v) is 5.12. The molecule has 1 aromatic heterocycles. The number of hydrogen-bond acceptors (Lipinski definition) is 5. The Hall–Kier alpha value is -1.92. The lowest BCUT2D eigenvalue weighted by atomic mass is 10.1. The molecule has 0 aliphatic carbocycles. The minimum atomic E-state index is -0.166. The van der Waals surface area contributed by atoms with E-state index < -0.39 is 0 Å². The third kappa shape index (κ3) is 2.52. The molecular weight excluding hydrogens is 294 g/mol. The van der Waals surface area contributed by atoms with Crippen LogP contribution in [-0.2, 0) is 4.74 Å². The van der Waals surface area contributed by atoms with E-state index in [1.807, 2.05) is 6.07 Å². The monoisotopic (exact) mass is 307 g/mol. The van der Waals surface area contributed by atoms with E-state index in [-0.39, 0.29) is 6.10 Å². The fourth-order valence-electron chi connectivity index (χ4n) is 2.46. The molecule has 0 N–H and O–H groups in total. The van der Waals surface area contributed by atoms with Gasteiger partial charge in [-0.2, -0.15) is 0 Å². The van der Waals surface area contributed by atoms with Crippen LogP contribution in [0.5, 0.6) is 5.75 Å². The molecule has 2 aromatic rings. The molecule has 1 saturated heterocycles. The summed E-state index contributed by atoms with van der Waals surface area (Å²) in [5, 5.41) is 8.44. The topological polar surface area (TPSA) is 66.2 Å². The number of methoxy groups -OCH3 is 1. The molecule has 6 nitrogen and oxygen atoms in total. The number of hydrogen-bond donors (Lipinski definition) is 0. The van der Waals surface area contributed by atoms with Gasteiger partial charge in [0.05, 0.1) is 17.8 Å². The van der Waals surface area contributed by atoms with Crippen molar-refractivity contribution in [2.75, 3.05) is 13.7 Å². The Morgan fingerprint density at radius 2 is 2.38 bits per heavy atom. The second-order valence-electron chi connectivity index (χ2n) is 4.71. The molecule has 0 amide bonds. The summed E-state index contributed by atoms with van der Waals surface area (Å²) in [5.41, 5.74) is 1.68. The quantitative estimate of drug-likeness (QED) is 0.812. The minimum Gasteiger partial charge on any atom is -0.495 e. The maximum atomic E-state index is 11.2. The molecule has 1 unspecified atom stereocenters. The average molecular weight is 308 g/mol. The van der Waals surface area contributed by atoms with Gasteiger partial charge in [-0.25, -0.2) is 4.68 Å². The third-order valence-electron chi connectivity index (χ3n) is 3.46. The normalized spacial score (nSPS) is 17.9. The van der Waals surface area contributed by atoms with Crippen LogP contribution < -0.4 is 4.74 Å². The zero-order chi connectivity index (χ0) is 14.8. The Balaban J connectivity index is 2.07. The summed E-state index contributed by atoms with van der Waals surface area (Å²) in [5.74, 6) is 0.579.